The van der Waals surface area contributed by atoms with Gasteiger partial charge in [0.15, 0.2) is 0 Å². The fourth-order valence-corrected chi connectivity index (χ4v) is 0.604. The number of carbonyl (C=O) groups excluding carboxylic acids is 1. The number of aromatic nitrogens is 2. The highest BCUT2D eigenvalue weighted by molar-refractivity contribution is 5.91. The van der Waals surface area contributed by atoms with Crippen LogP contribution in [0.3, 0.4) is 0 Å². The van der Waals surface area contributed by atoms with Gasteiger partial charge in [0.05, 0.1) is 6.33 Å². The van der Waals surface area contributed by atoms with Gasteiger partial charge in [0.25, 0.3) is 5.91 Å². The lowest BCUT2D eigenvalue weighted by Crippen LogP contribution is -2.30. The lowest BCUT2D eigenvalue weighted by molar-refractivity contribution is 0.0949. The Kier molecular flexibility index (Phi) is 1.68. The molecular formula is C5H8N4O. The SMILES string of the molecule is Cn1cnc(C(=O)NN)c1. The summed E-state index contributed by atoms with van der Waals surface area (Å²) < 4.78 is 1.67. The van der Waals surface area contributed by atoms with Crippen molar-refractivity contribution in [3.8, 4) is 0 Å². The van der Waals surface area contributed by atoms with Crippen molar-refractivity contribution in [3.63, 3.8) is 0 Å². The third kappa shape index (κ3) is 1.14. The van der Waals surface area contributed by atoms with Gasteiger partial charge in [-0.3, -0.25) is 10.2 Å². The number of amides is 1. The Hall–Kier alpha value is -1.36. The highest BCUT2D eigenvalue weighted by Crippen LogP contribution is 1.91. The molecule has 0 saturated heterocycles. The van der Waals surface area contributed by atoms with Crippen LogP contribution >= 0.6 is 0 Å². The number of nitrogens with zero attached hydrogens (tertiary/aromatic N) is 2. The molecule has 10 heavy (non-hydrogen) atoms. The number of nitrogens with two attached hydrogens (primary N) is 1. The first-order valence-electron chi connectivity index (χ1n) is 2.73. The van der Waals surface area contributed by atoms with E-state index < -0.39 is 0 Å². The number of aryl methyl sites for hydroxylation is 1. The molecule has 3 N–H and O–H groups in total. The van der Waals surface area contributed by atoms with E-state index in [0.717, 1.165) is 0 Å². The highest BCUT2D eigenvalue weighted by Gasteiger charge is 2.04. The van der Waals surface area contributed by atoms with E-state index in [2.05, 4.69) is 4.98 Å². The van der Waals surface area contributed by atoms with Crippen molar-refractivity contribution in [1.29, 1.82) is 0 Å². The van der Waals surface area contributed by atoms with Gasteiger partial charge in [-0.15, -0.1) is 0 Å². The Labute approximate surface area is 57.8 Å². The Morgan fingerprint density at radius 1 is 1.90 bits per heavy atom. The molecule has 5 nitrogen and oxygen atoms in total. The van der Waals surface area contributed by atoms with Crippen molar-refractivity contribution in [1.82, 2.24) is 15.0 Å². The van der Waals surface area contributed by atoms with Crippen LogP contribution < -0.4 is 11.3 Å². The number of hydrazine groups is 1. The molecule has 5 heteroatoms. The van der Waals surface area contributed by atoms with Crippen LogP contribution in [-0.2, 0) is 7.05 Å². The average molecular weight is 140 g/mol. The number of nitrogens with one attached hydrogen (secondary N) is 1. The Morgan fingerprint density at radius 2 is 2.60 bits per heavy atom. The predicted molar refractivity (Wildman–Crippen MR) is 34.9 cm³/mol. The van der Waals surface area contributed by atoms with Gasteiger partial charge in [0.2, 0.25) is 0 Å². The Morgan fingerprint density at radius 3 is 3.00 bits per heavy atom. The van der Waals surface area contributed by atoms with Crippen molar-refractivity contribution in [3.05, 3.63) is 18.2 Å². The molecule has 0 bridgehead atoms. The zero-order valence-corrected chi connectivity index (χ0v) is 5.53. The molecule has 1 heterocycles. The molecule has 0 aromatic carbocycles. The standard InChI is InChI=1S/C5H8N4O/c1-9-2-4(7-3-9)5(10)8-6/h2-3H,6H2,1H3,(H,8,10). The Balaban J connectivity index is 2.85. The molecule has 0 saturated carbocycles. The largest absolute Gasteiger partial charge is 0.340 e. The summed E-state index contributed by atoms with van der Waals surface area (Å²) in [6.07, 6.45) is 3.12. The van der Waals surface area contributed by atoms with Crippen molar-refractivity contribution >= 4 is 5.91 Å². The first kappa shape index (κ1) is 6.76. The van der Waals surface area contributed by atoms with Gasteiger partial charge in [-0.05, 0) is 0 Å². The van der Waals surface area contributed by atoms with Gasteiger partial charge in [0.1, 0.15) is 5.69 Å². The molecule has 54 valence electrons. The van der Waals surface area contributed by atoms with Gasteiger partial charge >= 0.3 is 0 Å². The molecule has 0 aliphatic heterocycles. The van der Waals surface area contributed by atoms with Crippen molar-refractivity contribution < 1.29 is 4.79 Å². The summed E-state index contributed by atoms with van der Waals surface area (Å²) in [6.45, 7) is 0. The van der Waals surface area contributed by atoms with Crippen LogP contribution in [0, 0.1) is 0 Å². The smallest absolute Gasteiger partial charge is 0.285 e. The van der Waals surface area contributed by atoms with Crippen LogP contribution in [0.4, 0.5) is 0 Å². The first-order chi connectivity index (χ1) is 4.74. The maximum Gasteiger partial charge on any atom is 0.285 e. The summed E-state index contributed by atoms with van der Waals surface area (Å²) in [5.41, 5.74) is 2.30. The molecule has 0 aliphatic carbocycles. The van der Waals surface area contributed by atoms with E-state index in [-0.39, 0.29) is 5.91 Å². The molecule has 0 radical (unpaired) electrons. The van der Waals surface area contributed by atoms with Crippen molar-refractivity contribution in [2.75, 3.05) is 0 Å². The third-order valence-corrected chi connectivity index (χ3v) is 1.07. The monoisotopic (exact) mass is 140 g/mol. The van der Waals surface area contributed by atoms with Crippen LogP contribution in [0.1, 0.15) is 10.5 Å². The number of hydrogen-bond donors (Lipinski definition) is 2. The summed E-state index contributed by atoms with van der Waals surface area (Å²) in [7, 11) is 1.78. The van der Waals surface area contributed by atoms with E-state index in [4.69, 9.17) is 5.84 Å². The van der Waals surface area contributed by atoms with E-state index >= 15 is 0 Å². The molecule has 0 unspecified atom stereocenters. The quantitative estimate of drug-likeness (QED) is 0.299. The molecule has 0 spiro atoms. The van der Waals surface area contributed by atoms with E-state index in [9.17, 15) is 4.79 Å². The molecule has 1 rings (SSSR count). The number of imidazole rings is 1. The van der Waals surface area contributed by atoms with Crippen LogP contribution in [0.15, 0.2) is 12.5 Å². The summed E-state index contributed by atoms with van der Waals surface area (Å²) in [5.74, 6) is 4.49. The van der Waals surface area contributed by atoms with E-state index in [1.165, 1.54) is 6.33 Å². The Bertz CT molecular complexity index is 242. The lowest BCUT2D eigenvalue weighted by Gasteiger charge is -1.90. The van der Waals surface area contributed by atoms with E-state index in [1.807, 2.05) is 5.43 Å². The minimum Gasteiger partial charge on any atom is -0.340 e. The molecule has 1 aromatic heterocycles. The fraction of sp³-hybridized carbons (Fsp3) is 0.200. The maximum absolute atomic E-state index is 10.7. The fourth-order valence-electron chi connectivity index (χ4n) is 0.604. The van der Waals surface area contributed by atoms with E-state index in [0.29, 0.717) is 5.69 Å². The first-order valence-corrected chi connectivity index (χ1v) is 2.73. The van der Waals surface area contributed by atoms with Crippen LogP contribution in [0.2, 0.25) is 0 Å². The van der Waals surface area contributed by atoms with Gasteiger partial charge in [-0.25, -0.2) is 10.8 Å². The normalized spacial score (nSPS) is 9.40. The number of rotatable bonds is 1. The molecule has 0 fully saturated rings. The minimum absolute atomic E-state index is 0.324. The van der Waals surface area contributed by atoms with Gasteiger partial charge < -0.3 is 4.57 Å². The molecule has 1 amide bonds. The van der Waals surface area contributed by atoms with Gasteiger partial charge in [-0.2, -0.15) is 0 Å². The van der Waals surface area contributed by atoms with Crippen molar-refractivity contribution in [2.24, 2.45) is 12.9 Å². The lowest BCUT2D eigenvalue weighted by atomic mass is 10.5. The van der Waals surface area contributed by atoms with Gasteiger partial charge in [0, 0.05) is 13.2 Å². The summed E-state index contributed by atoms with van der Waals surface area (Å²) in [4.78, 5) is 14.5. The summed E-state index contributed by atoms with van der Waals surface area (Å²) >= 11 is 0. The van der Waals surface area contributed by atoms with Crippen molar-refractivity contribution in [2.45, 2.75) is 0 Å². The second-order valence-electron chi connectivity index (χ2n) is 1.90. The number of carbonyl (C=O) groups is 1. The van der Waals surface area contributed by atoms with Gasteiger partial charge in [-0.1, -0.05) is 0 Å². The highest BCUT2D eigenvalue weighted by atomic mass is 16.2. The second-order valence-corrected chi connectivity index (χ2v) is 1.90. The average Bonchev–Trinajstić information content (AvgIpc) is 2.34. The van der Waals surface area contributed by atoms with Crippen LogP contribution in [-0.4, -0.2) is 15.5 Å². The predicted octanol–water partition coefficient (Wildman–Crippen LogP) is -0.976. The number of hydrogen-bond acceptors (Lipinski definition) is 3. The topological polar surface area (TPSA) is 72.9 Å². The summed E-state index contributed by atoms with van der Waals surface area (Å²) in [6, 6.07) is 0. The van der Waals surface area contributed by atoms with Crippen LogP contribution in [0.5, 0.6) is 0 Å². The molecular weight excluding hydrogens is 132 g/mol. The van der Waals surface area contributed by atoms with Crippen LogP contribution in [0.25, 0.3) is 0 Å². The zero-order valence-electron chi connectivity index (χ0n) is 5.53. The maximum atomic E-state index is 10.7. The molecule has 1 aromatic rings. The molecule has 0 atom stereocenters. The molecule has 0 aliphatic rings. The van der Waals surface area contributed by atoms with E-state index in [1.54, 1.807) is 17.8 Å². The minimum atomic E-state index is -0.374. The zero-order chi connectivity index (χ0) is 7.56. The second kappa shape index (κ2) is 2.49. The number of nitrogen functional groups attached to an aromatic ring is 1. The third-order valence-electron chi connectivity index (χ3n) is 1.07. The summed E-state index contributed by atoms with van der Waals surface area (Å²) in [5, 5.41) is 0.